The van der Waals surface area contributed by atoms with Crippen LogP contribution in [-0.2, 0) is 19.2 Å². The third kappa shape index (κ3) is 24.5. The average molecular weight is 2090 g/mol. The number of aromatic nitrogens is 8. The zero-order valence-electron chi connectivity index (χ0n) is 79.3. The van der Waals surface area contributed by atoms with Gasteiger partial charge in [-0.15, -0.1) is 0 Å². The van der Waals surface area contributed by atoms with Gasteiger partial charge in [0, 0.05) is 111 Å². The lowest BCUT2D eigenvalue weighted by Crippen LogP contribution is -2.29. The summed E-state index contributed by atoms with van der Waals surface area (Å²) in [7, 11) is 9.19. The number of hydrogen-bond acceptors (Lipinski definition) is 23. The lowest BCUT2D eigenvalue weighted by molar-refractivity contribution is -0.112. The van der Waals surface area contributed by atoms with E-state index in [0.29, 0.717) is 166 Å². The molecule has 5 heterocycles. The highest BCUT2D eigenvalue weighted by molar-refractivity contribution is 6.43. The first-order chi connectivity index (χ1) is 68.9. The number of piperidine rings is 1. The molecule has 1 fully saturated rings. The molecule has 0 bridgehead atoms. The summed E-state index contributed by atoms with van der Waals surface area (Å²) in [5.41, 5.74) is 20.0. The van der Waals surface area contributed by atoms with E-state index < -0.39 is 0 Å². The summed E-state index contributed by atoms with van der Waals surface area (Å²) in [4.78, 5) is 86.7. The Labute approximate surface area is 872 Å². The van der Waals surface area contributed by atoms with Crippen LogP contribution in [0.25, 0.3) is 88.1 Å². The van der Waals surface area contributed by atoms with Crippen LogP contribution in [0.15, 0.2) is 245 Å². The molecule has 0 spiro atoms. The summed E-state index contributed by atoms with van der Waals surface area (Å²) in [6, 6.07) is 52.4. The molecule has 27 nitrogen and oxygen atoms in total. The summed E-state index contributed by atoms with van der Waals surface area (Å²) in [6.45, 7) is 26.0. The molecule has 12 aromatic carbocycles. The molecule has 736 valence electrons. The van der Waals surface area contributed by atoms with Crippen LogP contribution in [-0.4, -0.2) is 119 Å². The van der Waals surface area contributed by atoms with Crippen LogP contribution >= 0.6 is 92.8 Å². The maximum absolute atomic E-state index is 12.3. The molecule has 0 radical (unpaired) electrons. The average Bonchev–Trinajstić information content (AvgIpc) is 1.00. The normalized spacial score (nSPS) is 11.3. The molecule has 4 aromatic heterocycles. The fraction of sp³-hybridized carbons (Fsp3) is 0.156. The van der Waals surface area contributed by atoms with Gasteiger partial charge in [-0.3, -0.25) is 19.2 Å². The van der Waals surface area contributed by atoms with E-state index in [1.807, 2.05) is 162 Å². The highest BCUT2D eigenvalue weighted by atomic mass is 35.5. The van der Waals surface area contributed by atoms with Crippen molar-refractivity contribution >= 4 is 235 Å². The Balaban J connectivity index is 0.000000161. The second-order valence-corrected chi connectivity index (χ2v) is 35.4. The van der Waals surface area contributed by atoms with Crippen molar-refractivity contribution < 1.29 is 47.6 Å². The van der Waals surface area contributed by atoms with Crippen LogP contribution in [0.1, 0.15) is 54.5 Å². The number of fused-ring (bicyclic) bond motifs is 4. The number of carbonyl (C=O) groups excluding carboxylic acids is 4. The molecule has 1 aliphatic heterocycles. The topological polar surface area (TPSA) is 326 Å². The molecule has 0 atom stereocenters. The predicted molar refractivity (Wildman–Crippen MR) is 590 cm³/mol. The summed E-state index contributed by atoms with van der Waals surface area (Å²) >= 11 is 52.4. The van der Waals surface area contributed by atoms with Crippen LogP contribution in [0.5, 0.6) is 34.5 Å². The van der Waals surface area contributed by atoms with Gasteiger partial charge in [-0.25, -0.2) is 39.9 Å². The molecule has 8 N–H and O–H groups in total. The number of methoxy groups -OCH3 is 6. The van der Waals surface area contributed by atoms with Gasteiger partial charge in [-0.1, -0.05) is 187 Å². The van der Waals surface area contributed by atoms with E-state index >= 15 is 0 Å². The van der Waals surface area contributed by atoms with Gasteiger partial charge in [-0.2, -0.15) is 0 Å². The van der Waals surface area contributed by atoms with E-state index in [1.165, 1.54) is 73.4 Å². The highest BCUT2D eigenvalue weighted by Gasteiger charge is 2.27. The van der Waals surface area contributed by atoms with Gasteiger partial charge in [0.1, 0.15) is 34.5 Å². The number of benzene rings is 12. The van der Waals surface area contributed by atoms with Gasteiger partial charge in [-0.05, 0) is 219 Å². The smallest absolute Gasteiger partial charge is 0.247 e. The fourth-order valence-electron chi connectivity index (χ4n) is 15.9. The number of para-hydroxylation sites is 2. The molecular formula is C109H99Cl8N17O10. The first-order valence-corrected chi connectivity index (χ1v) is 47.3. The molecule has 4 amide bonds. The summed E-state index contributed by atoms with van der Waals surface area (Å²) in [6.07, 6.45) is 15.3. The van der Waals surface area contributed by atoms with Crippen molar-refractivity contribution in [2.45, 2.75) is 61.3 Å². The van der Waals surface area contributed by atoms with Crippen LogP contribution in [0.2, 0.25) is 40.2 Å². The molecule has 0 aliphatic carbocycles. The van der Waals surface area contributed by atoms with Crippen LogP contribution in [0, 0.1) is 34.6 Å². The van der Waals surface area contributed by atoms with Crippen molar-refractivity contribution in [2.24, 2.45) is 0 Å². The van der Waals surface area contributed by atoms with Crippen molar-refractivity contribution in [3.63, 3.8) is 0 Å². The van der Waals surface area contributed by atoms with Crippen molar-refractivity contribution in [1.82, 2.24) is 39.9 Å². The van der Waals surface area contributed by atoms with Crippen LogP contribution in [0.4, 0.5) is 75.0 Å². The van der Waals surface area contributed by atoms with Gasteiger partial charge in [0.2, 0.25) is 47.4 Å². The minimum Gasteiger partial charge on any atom is -0.495 e. The minimum atomic E-state index is -0.367. The Morgan fingerprint density at radius 2 is 0.618 bits per heavy atom. The van der Waals surface area contributed by atoms with Gasteiger partial charge < -0.3 is 75.9 Å². The Bertz CT molecular complexity index is 7600. The Hall–Kier alpha value is -15.0. The van der Waals surface area contributed by atoms with Crippen LogP contribution in [0.3, 0.4) is 0 Å². The number of anilines is 13. The number of ether oxygens (including phenoxy) is 6. The number of aryl methyl sites for hydroxylation is 5. The predicted octanol–water partition coefficient (Wildman–Crippen LogP) is 29.1. The first-order valence-electron chi connectivity index (χ1n) is 44.2. The van der Waals surface area contributed by atoms with Crippen molar-refractivity contribution in [2.75, 3.05) is 103 Å². The van der Waals surface area contributed by atoms with E-state index in [2.05, 4.69) is 115 Å². The monoisotopic (exact) mass is 2090 g/mol. The zero-order chi connectivity index (χ0) is 102. The quantitative estimate of drug-likeness (QED) is 0.0222. The second-order valence-electron chi connectivity index (χ2n) is 32.3. The fourth-order valence-corrected chi connectivity index (χ4v) is 18.6. The lowest BCUT2D eigenvalue weighted by atomic mass is 9.99. The summed E-state index contributed by atoms with van der Waals surface area (Å²) in [5.74, 6) is 2.99. The summed E-state index contributed by atoms with van der Waals surface area (Å²) < 4.78 is 32.3. The largest absolute Gasteiger partial charge is 0.495 e. The van der Waals surface area contributed by atoms with Crippen molar-refractivity contribution in [1.29, 1.82) is 0 Å². The lowest BCUT2D eigenvalue weighted by Gasteiger charge is -2.30. The Kier molecular flexibility index (Phi) is 35.5. The summed E-state index contributed by atoms with van der Waals surface area (Å²) in [5, 5.41) is 30.8. The number of halogens is 8. The molecule has 35 heteroatoms. The van der Waals surface area contributed by atoms with Crippen LogP contribution < -0.4 is 75.9 Å². The van der Waals surface area contributed by atoms with Gasteiger partial charge in [0.05, 0.1) is 145 Å². The molecule has 1 saturated heterocycles. The SMILES string of the molecule is C.C=CC(=O)Nc1cc(C)cc(C)c1Nc1ncc2cc(-c3c(Cl)c(OC)cc(OC)c3Cl)ccc2n1.C=CC(=O)Nc1cc(N2CCCCC2)cc(C)c1Nc1ncc2cc(-c3c(Cl)c(OC)cc(OC)c3Cl)ccc2n1.C=CC(=O)Nc1cccc(C)c1Nc1ncc2cc(-c3c(C)cccc3Cl)ccc2n1.C=CC(=O)Nc1cccc(Cl)c1Nc1ncc2cc(-c3c(Cl)c(OC)cc(OC)c3Cl)ccc2n1. The standard InChI is InChI=1S/C31H31Cl2N5O3.C27H24Cl2N4O3.C25H19Cl3N4O3.C25H21ClN4O.CH4/c1-5-26(39)35-23-15-21(38-11-7-6-8-12-38)13-18(2)30(23)37-31-34-17-20-14-19(9-10-22(20)36-31)27-28(32)24(40-3)16-25(41-4)29(27)33;1-6-22(34)31-19-10-14(2)9-15(3)26(19)33-27-30-13-17-11-16(7-8-18(17)32-27)23-24(28)20(35-4)12-21(36-5)25(23)29;1-4-20(33)30-17-7-5-6-15(26)24(17)32-25-29-12-14-10-13(8-9-16(14)31-25)21-22(27)18(34-2)11-19(35-3)23(21)28;1-4-22(31)28-21-10-6-8-16(3)24(21)30-25-27-14-18-13-17(11-12-20(18)29-25)23-15(2)7-5-9-19(23)26;/h5,9-10,13-17H,1,6-8,11-12H2,2-4H3,(H,35,39)(H,34,36,37);6-13H,1H2,2-5H3,(H,31,34)(H,30,32,33);4-12H,1H2,2-3H3,(H,30,33)(H,29,31,32);4-14H,1H2,2-3H3,(H,28,31)(H,27,29,30);1H4. The van der Waals surface area contributed by atoms with E-state index in [-0.39, 0.29) is 31.1 Å². The van der Waals surface area contributed by atoms with E-state index in [4.69, 9.17) is 126 Å². The third-order valence-electron chi connectivity index (χ3n) is 22.9. The van der Waals surface area contributed by atoms with Crippen molar-refractivity contribution in [3.05, 3.63) is 313 Å². The minimum absolute atomic E-state index is 0. The van der Waals surface area contributed by atoms with Gasteiger partial charge in [0.25, 0.3) is 0 Å². The number of nitrogens with zero attached hydrogens (tertiary/aromatic N) is 9. The molecular weight excluding hydrogens is 1990 g/mol. The Morgan fingerprint density at radius 1 is 0.319 bits per heavy atom. The number of amides is 4. The van der Waals surface area contributed by atoms with Crippen molar-refractivity contribution in [3.8, 4) is 79.0 Å². The highest BCUT2D eigenvalue weighted by Crippen LogP contribution is 2.51. The number of nitrogens with one attached hydrogen (secondary N) is 8. The third-order valence-corrected chi connectivity index (χ3v) is 25.8. The second kappa shape index (κ2) is 48.2. The molecule has 1 aliphatic rings. The van der Waals surface area contributed by atoms with Gasteiger partial charge >= 0.3 is 0 Å². The molecule has 0 unspecified atom stereocenters. The van der Waals surface area contributed by atoms with E-state index in [0.717, 1.165) is 126 Å². The number of rotatable bonds is 27. The zero-order valence-corrected chi connectivity index (χ0v) is 85.3. The first kappa shape index (κ1) is 106. The number of carbonyl (C=O) groups is 4. The molecule has 16 aromatic rings. The number of hydrogen-bond donors (Lipinski definition) is 8. The Morgan fingerprint density at radius 3 is 0.972 bits per heavy atom. The van der Waals surface area contributed by atoms with E-state index in [1.54, 1.807) is 61.2 Å². The maximum atomic E-state index is 12.3. The maximum Gasteiger partial charge on any atom is 0.247 e. The molecule has 0 saturated carbocycles. The van der Waals surface area contributed by atoms with Gasteiger partial charge in [0.15, 0.2) is 0 Å². The van der Waals surface area contributed by atoms with E-state index in [9.17, 15) is 19.2 Å². The molecule has 17 rings (SSSR count). The molecule has 144 heavy (non-hydrogen) atoms.